The van der Waals surface area contributed by atoms with Crippen molar-refractivity contribution in [1.82, 2.24) is 5.32 Å². The van der Waals surface area contributed by atoms with E-state index in [1.807, 2.05) is 6.92 Å². The second-order valence-electron chi connectivity index (χ2n) is 6.66. The first-order valence-corrected chi connectivity index (χ1v) is 7.50. The summed E-state index contributed by atoms with van der Waals surface area (Å²) in [5.74, 6) is 0.621. The van der Waals surface area contributed by atoms with Gasteiger partial charge in [0.1, 0.15) is 0 Å². The third-order valence-electron chi connectivity index (χ3n) is 3.81. The van der Waals surface area contributed by atoms with E-state index in [9.17, 15) is 5.11 Å². The number of hydrogen-bond donors (Lipinski definition) is 2. The molecule has 0 bridgehead atoms. The first-order chi connectivity index (χ1) is 8.96. The molecule has 1 atom stereocenters. The number of rotatable bonds is 6. The highest BCUT2D eigenvalue weighted by Gasteiger charge is 2.21. The summed E-state index contributed by atoms with van der Waals surface area (Å²) < 4.78 is 0. The lowest BCUT2D eigenvalue weighted by atomic mass is 9.94. The van der Waals surface area contributed by atoms with Crippen molar-refractivity contribution in [3.63, 3.8) is 0 Å². The van der Waals surface area contributed by atoms with Crippen LogP contribution < -0.4 is 5.32 Å². The van der Waals surface area contributed by atoms with Crippen LogP contribution in [-0.2, 0) is 19.3 Å². The zero-order valence-electron chi connectivity index (χ0n) is 12.5. The van der Waals surface area contributed by atoms with Crippen molar-refractivity contribution in [1.29, 1.82) is 0 Å². The maximum atomic E-state index is 10.5. The van der Waals surface area contributed by atoms with Gasteiger partial charge in [-0.3, -0.25) is 0 Å². The minimum absolute atomic E-state index is 0.621. The Hall–Kier alpha value is -0.860. The van der Waals surface area contributed by atoms with E-state index in [1.165, 1.54) is 36.0 Å². The molecule has 0 saturated carbocycles. The quantitative estimate of drug-likeness (QED) is 0.825. The molecule has 0 aromatic heterocycles. The van der Waals surface area contributed by atoms with Gasteiger partial charge in [0.25, 0.3) is 0 Å². The van der Waals surface area contributed by atoms with Gasteiger partial charge in [-0.25, -0.2) is 0 Å². The van der Waals surface area contributed by atoms with E-state index in [-0.39, 0.29) is 0 Å². The molecular weight excluding hydrogens is 234 g/mol. The second kappa shape index (κ2) is 6.06. The summed E-state index contributed by atoms with van der Waals surface area (Å²) >= 11 is 0. The molecule has 19 heavy (non-hydrogen) atoms. The molecule has 0 saturated heterocycles. The lowest BCUT2D eigenvalue weighted by molar-refractivity contribution is 0.0596. The molecule has 1 aromatic rings. The summed E-state index contributed by atoms with van der Waals surface area (Å²) in [6.07, 6.45) is 4.44. The first kappa shape index (κ1) is 14.5. The summed E-state index contributed by atoms with van der Waals surface area (Å²) in [7, 11) is 0. The molecule has 0 aliphatic heterocycles. The lowest BCUT2D eigenvalue weighted by Crippen LogP contribution is -2.40. The van der Waals surface area contributed by atoms with Gasteiger partial charge in [-0.15, -0.1) is 0 Å². The summed E-state index contributed by atoms with van der Waals surface area (Å²) in [6.45, 7) is 7.90. The van der Waals surface area contributed by atoms with Gasteiger partial charge in [-0.2, -0.15) is 0 Å². The van der Waals surface area contributed by atoms with Gasteiger partial charge in [-0.1, -0.05) is 32.0 Å². The van der Waals surface area contributed by atoms with Crippen molar-refractivity contribution in [3.05, 3.63) is 34.9 Å². The molecule has 0 amide bonds. The van der Waals surface area contributed by atoms with Crippen LogP contribution in [0.3, 0.4) is 0 Å². The van der Waals surface area contributed by atoms with E-state index in [0.717, 1.165) is 13.0 Å². The number of fused-ring (bicyclic) bond motifs is 1. The summed E-state index contributed by atoms with van der Waals surface area (Å²) in [6, 6.07) is 6.72. The highest BCUT2D eigenvalue weighted by atomic mass is 16.3. The van der Waals surface area contributed by atoms with E-state index >= 15 is 0 Å². The van der Waals surface area contributed by atoms with Gasteiger partial charge < -0.3 is 10.4 Å². The van der Waals surface area contributed by atoms with E-state index in [2.05, 4.69) is 37.4 Å². The van der Waals surface area contributed by atoms with E-state index in [4.69, 9.17) is 0 Å². The highest BCUT2D eigenvalue weighted by molar-refractivity contribution is 5.35. The molecule has 106 valence electrons. The van der Waals surface area contributed by atoms with Crippen LogP contribution >= 0.6 is 0 Å². The van der Waals surface area contributed by atoms with E-state index < -0.39 is 5.60 Å². The predicted molar refractivity (Wildman–Crippen MR) is 80.5 cm³/mol. The number of hydrogen-bond acceptors (Lipinski definition) is 2. The topological polar surface area (TPSA) is 32.3 Å². The van der Waals surface area contributed by atoms with Crippen molar-refractivity contribution >= 4 is 0 Å². The summed E-state index contributed by atoms with van der Waals surface area (Å²) in [5.41, 5.74) is 3.59. The molecule has 0 spiro atoms. The molecule has 0 fully saturated rings. The molecule has 2 rings (SSSR count). The monoisotopic (exact) mass is 261 g/mol. The molecule has 1 aliphatic carbocycles. The summed E-state index contributed by atoms with van der Waals surface area (Å²) in [5, 5.41) is 13.8. The fraction of sp³-hybridized carbons (Fsp3) is 0.647. The Kier molecular flexibility index (Phi) is 4.64. The van der Waals surface area contributed by atoms with Crippen molar-refractivity contribution in [2.24, 2.45) is 5.92 Å². The average molecular weight is 261 g/mol. The van der Waals surface area contributed by atoms with Gasteiger partial charge in [-0.05, 0) is 55.3 Å². The predicted octanol–water partition coefficient (Wildman–Crippen LogP) is 2.71. The summed E-state index contributed by atoms with van der Waals surface area (Å²) in [4.78, 5) is 0. The Balaban J connectivity index is 1.92. The fourth-order valence-electron chi connectivity index (χ4n) is 2.87. The lowest BCUT2D eigenvalue weighted by Gasteiger charge is -2.25. The first-order valence-electron chi connectivity index (χ1n) is 7.50. The van der Waals surface area contributed by atoms with Crippen molar-refractivity contribution in [3.8, 4) is 0 Å². The van der Waals surface area contributed by atoms with Crippen LogP contribution in [0.4, 0.5) is 0 Å². The van der Waals surface area contributed by atoms with Crippen molar-refractivity contribution in [2.75, 3.05) is 13.1 Å². The fourth-order valence-corrected chi connectivity index (χ4v) is 2.87. The van der Waals surface area contributed by atoms with Gasteiger partial charge >= 0.3 is 0 Å². The second-order valence-corrected chi connectivity index (χ2v) is 6.66. The molecule has 1 aromatic carbocycles. The molecule has 1 unspecified atom stereocenters. The SMILES string of the molecule is CC(C)CNCC(C)(O)Cc1ccc2c(c1)CCC2. The van der Waals surface area contributed by atoms with Crippen LogP contribution in [0.15, 0.2) is 18.2 Å². The van der Waals surface area contributed by atoms with Crippen LogP contribution in [-0.4, -0.2) is 23.8 Å². The normalized spacial score (nSPS) is 17.5. The third-order valence-corrected chi connectivity index (χ3v) is 3.81. The maximum absolute atomic E-state index is 10.5. The Morgan fingerprint density at radius 1 is 1.26 bits per heavy atom. The third kappa shape index (κ3) is 4.32. The van der Waals surface area contributed by atoms with Crippen molar-refractivity contribution in [2.45, 2.75) is 52.1 Å². The van der Waals surface area contributed by atoms with Crippen LogP contribution in [0, 0.1) is 5.92 Å². The largest absolute Gasteiger partial charge is 0.389 e. The molecular formula is C17H27NO. The Morgan fingerprint density at radius 2 is 2.00 bits per heavy atom. The van der Waals surface area contributed by atoms with Crippen molar-refractivity contribution < 1.29 is 5.11 Å². The Morgan fingerprint density at radius 3 is 2.74 bits per heavy atom. The molecule has 2 nitrogen and oxygen atoms in total. The Bertz CT molecular complexity index is 423. The minimum atomic E-state index is -0.665. The van der Waals surface area contributed by atoms with Gasteiger partial charge in [0.05, 0.1) is 5.60 Å². The maximum Gasteiger partial charge on any atom is 0.0783 e. The molecule has 2 N–H and O–H groups in total. The highest BCUT2D eigenvalue weighted by Crippen LogP contribution is 2.24. The number of aryl methyl sites for hydroxylation is 2. The molecule has 0 radical (unpaired) electrons. The van der Waals surface area contributed by atoms with Crippen LogP contribution in [0.2, 0.25) is 0 Å². The van der Waals surface area contributed by atoms with E-state index in [0.29, 0.717) is 12.5 Å². The number of benzene rings is 1. The zero-order valence-corrected chi connectivity index (χ0v) is 12.5. The zero-order chi connectivity index (χ0) is 13.9. The molecule has 0 heterocycles. The molecule has 1 aliphatic rings. The number of nitrogens with one attached hydrogen (secondary N) is 1. The minimum Gasteiger partial charge on any atom is -0.389 e. The van der Waals surface area contributed by atoms with Gasteiger partial charge in [0.2, 0.25) is 0 Å². The number of aliphatic hydroxyl groups is 1. The van der Waals surface area contributed by atoms with Crippen LogP contribution in [0.5, 0.6) is 0 Å². The molecule has 2 heteroatoms. The average Bonchev–Trinajstić information content (AvgIpc) is 2.74. The smallest absolute Gasteiger partial charge is 0.0783 e. The van der Waals surface area contributed by atoms with Crippen LogP contribution in [0.25, 0.3) is 0 Å². The van der Waals surface area contributed by atoms with Gasteiger partial charge in [0.15, 0.2) is 0 Å². The standard InChI is InChI=1S/C17H27NO/c1-13(2)11-18-12-17(3,19)10-14-7-8-15-5-4-6-16(15)9-14/h7-9,13,18-19H,4-6,10-12H2,1-3H3. The van der Waals surface area contributed by atoms with E-state index in [1.54, 1.807) is 0 Å². The Labute approximate surface area is 117 Å². The van der Waals surface area contributed by atoms with Crippen LogP contribution in [0.1, 0.15) is 43.9 Å². The van der Waals surface area contributed by atoms with Gasteiger partial charge in [0, 0.05) is 13.0 Å².